The first kappa shape index (κ1) is 19.7. The Morgan fingerprint density at radius 2 is 2.00 bits per heavy atom. The van der Waals surface area contributed by atoms with E-state index in [9.17, 15) is 14.7 Å². The van der Waals surface area contributed by atoms with Crippen LogP contribution in [-0.2, 0) is 9.59 Å². The van der Waals surface area contributed by atoms with Crippen LogP contribution in [0.5, 0.6) is 5.88 Å². The van der Waals surface area contributed by atoms with Gasteiger partial charge < -0.3 is 14.7 Å². The molecule has 3 fully saturated rings. The monoisotopic (exact) mass is 397 g/mol. The first-order valence-electron chi connectivity index (χ1n) is 10.4. The lowest BCUT2D eigenvalue weighted by molar-refractivity contribution is -0.140. The lowest BCUT2D eigenvalue weighted by Gasteiger charge is -2.29. The van der Waals surface area contributed by atoms with Crippen LogP contribution in [-0.4, -0.2) is 46.1 Å². The van der Waals surface area contributed by atoms with E-state index in [0.29, 0.717) is 36.4 Å². The zero-order chi connectivity index (χ0) is 20.8. The van der Waals surface area contributed by atoms with Crippen LogP contribution in [0, 0.1) is 40.4 Å². The van der Waals surface area contributed by atoms with Crippen molar-refractivity contribution in [2.24, 2.45) is 29.1 Å². The van der Waals surface area contributed by atoms with E-state index in [0.717, 1.165) is 25.7 Å². The molecule has 2 heterocycles. The molecule has 154 valence electrons. The smallest absolute Gasteiger partial charge is 0.307 e. The van der Waals surface area contributed by atoms with Crippen LogP contribution >= 0.6 is 0 Å². The maximum absolute atomic E-state index is 13.1. The van der Waals surface area contributed by atoms with Crippen molar-refractivity contribution in [3.63, 3.8) is 0 Å². The molecule has 1 saturated heterocycles. The van der Waals surface area contributed by atoms with Crippen LogP contribution in [0.2, 0.25) is 0 Å². The van der Waals surface area contributed by atoms with Crippen molar-refractivity contribution in [2.45, 2.75) is 45.6 Å². The van der Waals surface area contributed by atoms with Gasteiger partial charge in [-0.15, -0.1) is 0 Å². The number of likely N-dealkylation sites (tertiary alicyclic amines) is 1. The summed E-state index contributed by atoms with van der Waals surface area (Å²) in [5.41, 5.74) is -0.0257. The molecule has 4 rings (SSSR count). The summed E-state index contributed by atoms with van der Waals surface area (Å²) in [4.78, 5) is 30.6. The average molecular weight is 397 g/mol. The standard InChI is InChI=1S/C22H27N3O4/c1-22(2)14(12-29-18-8-3-13(9-23)10-24-18)11-25(21(22)28)15-4-6-16-17(7-5-15)19(16)20(26)27/h3,8,10,14-17,19H,4-7,11-12H2,1-2H3,(H,26,27)/t14?,15?,16-,17+,19?. The van der Waals surface area contributed by atoms with Gasteiger partial charge in [-0.3, -0.25) is 9.59 Å². The Morgan fingerprint density at radius 3 is 2.55 bits per heavy atom. The Morgan fingerprint density at radius 1 is 1.31 bits per heavy atom. The molecule has 1 aliphatic heterocycles. The van der Waals surface area contributed by atoms with Gasteiger partial charge in [-0.25, -0.2) is 4.98 Å². The quantitative estimate of drug-likeness (QED) is 0.819. The molecule has 29 heavy (non-hydrogen) atoms. The summed E-state index contributed by atoms with van der Waals surface area (Å²) in [5, 5.41) is 18.1. The second-order valence-electron chi connectivity index (χ2n) is 9.18. The zero-order valence-electron chi connectivity index (χ0n) is 16.9. The van der Waals surface area contributed by atoms with Crippen LogP contribution in [0.25, 0.3) is 0 Å². The van der Waals surface area contributed by atoms with Crippen molar-refractivity contribution in [1.82, 2.24) is 9.88 Å². The summed E-state index contributed by atoms with van der Waals surface area (Å²) >= 11 is 0. The molecule has 3 aliphatic rings. The zero-order valence-corrected chi connectivity index (χ0v) is 16.9. The van der Waals surface area contributed by atoms with Crippen LogP contribution in [0.1, 0.15) is 45.1 Å². The third kappa shape index (κ3) is 3.57. The highest BCUT2D eigenvalue weighted by atomic mass is 16.5. The third-order valence-electron chi connectivity index (χ3n) is 7.27. The molecular weight excluding hydrogens is 370 g/mol. The number of pyridine rings is 1. The molecule has 1 amide bonds. The second-order valence-corrected chi connectivity index (χ2v) is 9.18. The number of carbonyl (C=O) groups excluding carboxylic acids is 1. The van der Waals surface area contributed by atoms with Crippen molar-refractivity contribution >= 4 is 11.9 Å². The molecule has 1 aromatic heterocycles. The fourth-order valence-electron chi connectivity index (χ4n) is 5.21. The van der Waals surface area contributed by atoms with E-state index < -0.39 is 11.4 Å². The predicted octanol–water partition coefficient (Wildman–Crippen LogP) is 2.71. The van der Waals surface area contributed by atoms with Gasteiger partial charge in [0.1, 0.15) is 6.07 Å². The summed E-state index contributed by atoms with van der Waals surface area (Å²) in [5.74, 6) is 0.439. The first-order valence-corrected chi connectivity index (χ1v) is 10.4. The van der Waals surface area contributed by atoms with E-state index in [1.165, 1.54) is 6.20 Å². The number of carbonyl (C=O) groups is 2. The number of nitrogens with zero attached hydrogens (tertiary/aromatic N) is 3. The van der Waals surface area contributed by atoms with Crippen molar-refractivity contribution in [3.8, 4) is 11.9 Å². The van der Waals surface area contributed by atoms with Gasteiger partial charge in [-0.1, -0.05) is 13.8 Å². The van der Waals surface area contributed by atoms with E-state index in [2.05, 4.69) is 4.98 Å². The number of carboxylic acids is 1. The number of nitriles is 1. The Balaban J connectivity index is 1.37. The Labute approximate surface area is 170 Å². The van der Waals surface area contributed by atoms with Gasteiger partial charge in [0.25, 0.3) is 0 Å². The van der Waals surface area contributed by atoms with Gasteiger partial charge in [0.15, 0.2) is 0 Å². The minimum Gasteiger partial charge on any atom is -0.481 e. The molecule has 1 aromatic rings. The van der Waals surface area contributed by atoms with Crippen molar-refractivity contribution < 1.29 is 19.4 Å². The lowest BCUT2D eigenvalue weighted by Crippen LogP contribution is -2.39. The largest absolute Gasteiger partial charge is 0.481 e. The summed E-state index contributed by atoms with van der Waals surface area (Å²) in [6.45, 7) is 5.01. The normalized spacial score (nSPS) is 32.8. The molecule has 1 N–H and O–H groups in total. The molecule has 7 nitrogen and oxygen atoms in total. The minimum absolute atomic E-state index is 0.0528. The number of aromatic nitrogens is 1. The second kappa shape index (κ2) is 7.33. The lowest BCUT2D eigenvalue weighted by atomic mass is 9.82. The summed E-state index contributed by atoms with van der Waals surface area (Å²) in [6, 6.07) is 5.57. The number of aliphatic carboxylic acids is 1. The number of rotatable bonds is 5. The maximum Gasteiger partial charge on any atom is 0.307 e. The van der Waals surface area contributed by atoms with Crippen LogP contribution in [0.3, 0.4) is 0 Å². The number of hydrogen-bond donors (Lipinski definition) is 1. The van der Waals surface area contributed by atoms with Crippen molar-refractivity contribution in [2.75, 3.05) is 13.2 Å². The molecule has 7 heteroatoms. The first-order chi connectivity index (χ1) is 13.8. The van der Waals surface area contributed by atoms with Crippen LogP contribution in [0.4, 0.5) is 0 Å². The van der Waals surface area contributed by atoms with Gasteiger partial charge in [0, 0.05) is 30.8 Å². The van der Waals surface area contributed by atoms with Crippen LogP contribution < -0.4 is 4.74 Å². The summed E-state index contributed by atoms with van der Waals surface area (Å²) < 4.78 is 5.83. The van der Waals surface area contributed by atoms with E-state index in [-0.39, 0.29) is 23.8 Å². The molecule has 0 radical (unpaired) electrons. The third-order valence-corrected chi connectivity index (χ3v) is 7.27. The van der Waals surface area contributed by atoms with Gasteiger partial charge in [0.2, 0.25) is 11.8 Å². The van der Waals surface area contributed by atoms with Gasteiger partial charge in [-0.2, -0.15) is 5.26 Å². The molecular formula is C22H27N3O4. The summed E-state index contributed by atoms with van der Waals surface area (Å²) in [6.07, 6.45) is 5.04. The number of fused-ring (bicyclic) bond motifs is 1. The topological polar surface area (TPSA) is 104 Å². The van der Waals surface area contributed by atoms with Gasteiger partial charge in [-0.05, 0) is 43.6 Å². The average Bonchev–Trinajstić information content (AvgIpc) is 3.39. The highest BCUT2D eigenvalue weighted by molar-refractivity contribution is 5.85. The number of carboxylic acid groups (broad SMARTS) is 1. The molecule has 0 bridgehead atoms. The number of amides is 1. The highest BCUT2D eigenvalue weighted by Crippen LogP contribution is 2.55. The molecule has 5 atom stereocenters. The SMILES string of the molecule is CC1(C)C(=O)N(C2CC[C@@H]3C(C(=O)O)[C@@H]3CC2)CC1COc1ccc(C#N)cn1. The summed E-state index contributed by atoms with van der Waals surface area (Å²) in [7, 11) is 0. The predicted molar refractivity (Wildman–Crippen MR) is 104 cm³/mol. The van der Waals surface area contributed by atoms with E-state index in [1.807, 2.05) is 24.8 Å². The highest BCUT2D eigenvalue weighted by Gasteiger charge is 2.56. The fourth-order valence-corrected chi connectivity index (χ4v) is 5.21. The number of hydrogen-bond acceptors (Lipinski definition) is 5. The molecule has 2 aliphatic carbocycles. The molecule has 2 saturated carbocycles. The molecule has 0 spiro atoms. The molecule has 3 unspecified atom stereocenters. The van der Waals surface area contributed by atoms with Crippen molar-refractivity contribution in [3.05, 3.63) is 23.9 Å². The Kier molecular flexibility index (Phi) is 4.97. The van der Waals surface area contributed by atoms with Crippen molar-refractivity contribution in [1.29, 1.82) is 5.26 Å². The van der Waals surface area contributed by atoms with Gasteiger partial charge in [0.05, 0.1) is 23.5 Å². The maximum atomic E-state index is 13.1. The number of ether oxygens (including phenoxy) is 1. The van der Waals surface area contributed by atoms with E-state index >= 15 is 0 Å². The van der Waals surface area contributed by atoms with E-state index in [1.54, 1.807) is 12.1 Å². The molecule has 0 aromatic carbocycles. The Hall–Kier alpha value is -2.62. The van der Waals surface area contributed by atoms with E-state index in [4.69, 9.17) is 10.00 Å². The fraction of sp³-hybridized carbons (Fsp3) is 0.636. The Bertz CT molecular complexity index is 831. The minimum atomic E-state index is -0.662. The van der Waals surface area contributed by atoms with Gasteiger partial charge >= 0.3 is 5.97 Å². The van der Waals surface area contributed by atoms with Crippen LogP contribution in [0.15, 0.2) is 18.3 Å².